The monoisotopic (exact) mass is 247 g/mol. The van der Waals surface area contributed by atoms with E-state index in [1.54, 1.807) is 6.20 Å². The van der Waals surface area contributed by atoms with Crippen LogP contribution in [0.15, 0.2) is 24.7 Å². The first-order valence-electron chi connectivity index (χ1n) is 6.35. The van der Waals surface area contributed by atoms with E-state index < -0.39 is 0 Å². The number of nitrogens with one attached hydrogen (secondary N) is 1. The van der Waals surface area contributed by atoms with Crippen LogP contribution < -0.4 is 5.32 Å². The second-order valence-corrected chi connectivity index (χ2v) is 4.98. The van der Waals surface area contributed by atoms with Gasteiger partial charge in [-0.15, -0.1) is 0 Å². The molecular weight excluding hydrogens is 226 g/mol. The summed E-state index contributed by atoms with van der Waals surface area (Å²) in [6.07, 6.45) is 5.85. The molecule has 0 saturated heterocycles. The quantitative estimate of drug-likeness (QED) is 0.883. The van der Waals surface area contributed by atoms with E-state index in [2.05, 4.69) is 46.9 Å². The van der Waals surface area contributed by atoms with Crippen LogP contribution in [0.1, 0.15) is 32.5 Å². The van der Waals surface area contributed by atoms with Crippen LogP contribution in [-0.4, -0.2) is 25.4 Å². The highest BCUT2D eigenvalue weighted by Gasteiger charge is 2.11. The summed E-state index contributed by atoms with van der Waals surface area (Å²) in [6.45, 7) is 9.30. The molecule has 0 bridgehead atoms. The summed E-state index contributed by atoms with van der Waals surface area (Å²) in [7, 11) is 0. The van der Waals surface area contributed by atoms with E-state index in [0.717, 1.165) is 18.2 Å². The van der Waals surface area contributed by atoms with Crippen LogP contribution in [0.2, 0.25) is 0 Å². The number of aryl methyl sites for hydroxylation is 1. The second-order valence-electron chi connectivity index (χ2n) is 4.98. The summed E-state index contributed by atoms with van der Waals surface area (Å²) in [5.41, 5.74) is 1.04. The van der Waals surface area contributed by atoms with Crippen molar-refractivity contribution in [2.24, 2.45) is 0 Å². The Hall–Kier alpha value is -1.78. The lowest BCUT2D eigenvalue weighted by Gasteiger charge is -2.17. The van der Waals surface area contributed by atoms with Crippen LogP contribution in [0.4, 0.5) is 5.95 Å². The van der Waals surface area contributed by atoms with Crippen molar-refractivity contribution in [2.75, 3.05) is 5.32 Å². The molecule has 0 radical (unpaired) electrons. The molecule has 0 aliphatic carbocycles. The minimum atomic E-state index is 0.282. The smallest absolute Gasteiger partial charge is 0.203 e. The van der Waals surface area contributed by atoms with E-state index in [-0.39, 0.29) is 6.04 Å². The van der Waals surface area contributed by atoms with E-state index in [0.29, 0.717) is 6.04 Å². The fourth-order valence-corrected chi connectivity index (χ4v) is 1.97. The normalized spacial score (nSPS) is 12.9. The molecule has 1 N–H and O–H groups in total. The van der Waals surface area contributed by atoms with Crippen molar-refractivity contribution in [1.82, 2.24) is 19.3 Å². The van der Waals surface area contributed by atoms with Crippen molar-refractivity contribution in [2.45, 2.75) is 46.3 Å². The molecule has 2 heterocycles. The highest BCUT2D eigenvalue weighted by molar-refractivity contribution is 5.30. The summed E-state index contributed by atoms with van der Waals surface area (Å²) in [5.74, 6) is 0.933. The van der Waals surface area contributed by atoms with Gasteiger partial charge in [0.1, 0.15) is 0 Å². The lowest BCUT2D eigenvalue weighted by molar-refractivity contribution is 0.546. The van der Waals surface area contributed by atoms with Crippen molar-refractivity contribution < 1.29 is 0 Å². The number of imidazole rings is 1. The first kappa shape index (κ1) is 12.7. The van der Waals surface area contributed by atoms with Crippen LogP contribution in [0, 0.1) is 6.92 Å². The molecular formula is C13H21N5. The third-order valence-electron chi connectivity index (χ3n) is 2.80. The Morgan fingerprint density at radius 3 is 2.72 bits per heavy atom. The molecule has 0 aromatic carbocycles. The van der Waals surface area contributed by atoms with Crippen molar-refractivity contribution >= 4 is 5.95 Å². The van der Waals surface area contributed by atoms with Gasteiger partial charge in [-0.2, -0.15) is 5.10 Å². The summed E-state index contributed by atoms with van der Waals surface area (Å²) in [4.78, 5) is 4.52. The van der Waals surface area contributed by atoms with Gasteiger partial charge in [0, 0.05) is 30.7 Å². The maximum atomic E-state index is 4.52. The lowest BCUT2D eigenvalue weighted by atomic mass is 10.3. The largest absolute Gasteiger partial charge is 0.351 e. The summed E-state index contributed by atoms with van der Waals surface area (Å²) >= 11 is 0. The first-order valence-corrected chi connectivity index (χ1v) is 6.35. The predicted octanol–water partition coefficient (Wildman–Crippen LogP) is 2.47. The van der Waals surface area contributed by atoms with Crippen molar-refractivity contribution in [3.05, 3.63) is 30.4 Å². The SMILES string of the molecule is Cc1cn(C(C)C)c(NC(C)Cn2cccn2)n1. The van der Waals surface area contributed by atoms with Gasteiger partial charge in [0.2, 0.25) is 5.95 Å². The van der Waals surface area contributed by atoms with Crippen LogP contribution in [0.5, 0.6) is 0 Å². The molecule has 5 nitrogen and oxygen atoms in total. The number of hydrogen-bond donors (Lipinski definition) is 1. The topological polar surface area (TPSA) is 47.7 Å². The van der Waals surface area contributed by atoms with Gasteiger partial charge in [-0.05, 0) is 33.8 Å². The molecule has 0 aliphatic rings. The molecule has 2 rings (SSSR count). The Kier molecular flexibility index (Phi) is 3.69. The maximum absolute atomic E-state index is 4.52. The van der Waals surface area contributed by atoms with Crippen LogP contribution in [0.3, 0.4) is 0 Å². The summed E-state index contributed by atoms with van der Waals surface area (Å²) in [5, 5.41) is 7.65. The third-order valence-corrected chi connectivity index (χ3v) is 2.80. The molecule has 0 fully saturated rings. The number of aromatic nitrogens is 4. The molecule has 2 aromatic heterocycles. The molecule has 18 heavy (non-hydrogen) atoms. The molecule has 0 saturated carbocycles. The standard InChI is InChI=1S/C13H21N5/c1-10(2)18-9-12(4)16-13(18)15-11(3)8-17-7-5-6-14-17/h5-7,9-11H,8H2,1-4H3,(H,15,16). The van der Waals surface area contributed by atoms with Gasteiger partial charge >= 0.3 is 0 Å². The summed E-state index contributed by atoms with van der Waals surface area (Å²) in [6, 6.07) is 2.63. The highest BCUT2D eigenvalue weighted by Crippen LogP contribution is 2.16. The van der Waals surface area contributed by atoms with E-state index in [9.17, 15) is 0 Å². The Morgan fingerprint density at radius 2 is 2.11 bits per heavy atom. The van der Waals surface area contributed by atoms with E-state index in [1.807, 2.05) is 23.9 Å². The van der Waals surface area contributed by atoms with Gasteiger partial charge in [0.05, 0.1) is 12.2 Å². The molecule has 0 aliphatic heterocycles. The Labute approximate surface area is 108 Å². The molecule has 5 heteroatoms. The number of rotatable bonds is 5. The average Bonchev–Trinajstić information content (AvgIpc) is 2.88. The fourth-order valence-electron chi connectivity index (χ4n) is 1.97. The number of anilines is 1. The molecule has 1 atom stereocenters. The van der Waals surface area contributed by atoms with Gasteiger partial charge in [0.25, 0.3) is 0 Å². The minimum absolute atomic E-state index is 0.282. The zero-order valence-corrected chi connectivity index (χ0v) is 11.5. The summed E-state index contributed by atoms with van der Waals surface area (Å²) < 4.78 is 4.09. The maximum Gasteiger partial charge on any atom is 0.203 e. The second kappa shape index (κ2) is 5.25. The minimum Gasteiger partial charge on any atom is -0.351 e. The number of hydrogen-bond acceptors (Lipinski definition) is 3. The molecule has 2 aromatic rings. The van der Waals surface area contributed by atoms with Crippen molar-refractivity contribution in [3.63, 3.8) is 0 Å². The molecule has 0 spiro atoms. The zero-order chi connectivity index (χ0) is 13.1. The van der Waals surface area contributed by atoms with Gasteiger partial charge in [0.15, 0.2) is 0 Å². The van der Waals surface area contributed by atoms with Gasteiger partial charge in [-0.25, -0.2) is 4.98 Å². The van der Waals surface area contributed by atoms with Crippen molar-refractivity contribution in [3.8, 4) is 0 Å². The predicted molar refractivity (Wildman–Crippen MR) is 72.7 cm³/mol. The van der Waals surface area contributed by atoms with Crippen LogP contribution in [0.25, 0.3) is 0 Å². The van der Waals surface area contributed by atoms with E-state index in [4.69, 9.17) is 0 Å². The molecule has 0 amide bonds. The molecule has 98 valence electrons. The van der Waals surface area contributed by atoms with E-state index in [1.165, 1.54) is 0 Å². The fraction of sp³-hybridized carbons (Fsp3) is 0.538. The third kappa shape index (κ3) is 2.91. The van der Waals surface area contributed by atoms with Crippen LogP contribution >= 0.6 is 0 Å². The van der Waals surface area contributed by atoms with Gasteiger partial charge in [-0.3, -0.25) is 4.68 Å². The van der Waals surface area contributed by atoms with Crippen molar-refractivity contribution in [1.29, 1.82) is 0 Å². The lowest BCUT2D eigenvalue weighted by Crippen LogP contribution is -2.24. The Morgan fingerprint density at radius 1 is 1.33 bits per heavy atom. The van der Waals surface area contributed by atoms with E-state index >= 15 is 0 Å². The average molecular weight is 247 g/mol. The zero-order valence-electron chi connectivity index (χ0n) is 11.5. The Bertz CT molecular complexity index is 483. The van der Waals surface area contributed by atoms with Crippen LogP contribution in [-0.2, 0) is 6.54 Å². The Balaban J connectivity index is 2.04. The highest BCUT2D eigenvalue weighted by atomic mass is 15.3. The molecule has 1 unspecified atom stereocenters. The number of nitrogens with zero attached hydrogens (tertiary/aromatic N) is 4. The van der Waals surface area contributed by atoms with Gasteiger partial charge in [-0.1, -0.05) is 0 Å². The first-order chi connectivity index (χ1) is 8.56. The van der Waals surface area contributed by atoms with Gasteiger partial charge < -0.3 is 9.88 Å².